The van der Waals surface area contributed by atoms with Gasteiger partial charge in [-0.25, -0.2) is 0 Å². The molecule has 0 aromatic heterocycles. The normalized spacial score (nSPS) is 14.5. The lowest BCUT2D eigenvalue weighted by Gasteiger charge is -2.26. The van der Waals surface area contributed by atoms with Crippen molar-refractivity contribution in [3.63, 3.8) is 0 Å². The summed E-state index contributed by atoms with van der Waals surface area (Å²) in [7, 11) is 3.39. The number of rotatable bonds is 8. The molecule has 1 aliphatic rings. The molecule has 0 aliphatic carbocycles. The average molecular weight is 422 g/mol. The van der Waals surface area contributed by atoms with Crippen LogP contribution in [-0.2, 0) is 16.1 Å². The van der Waals surface area contributed by atoms with Crippen molar-refractivity contribution in [2.75, 3.05) is 32.1 Å². The first-order valence-corrected chi connectivity index (χ1v) is 10.7. The molecule has 0 spiro atoms. The minimum atomic E-state index is -0.614. The molecule has 31 heavy (non-hydrogen) atoms. The van der Waals surface area contributed by atoms with Crippen molar-refractivity contribution in [1.29, 1.82) is 0 Å². The number of carbonyl (C=O) groups excluding carboxylic acids is 2. The van der Waals surface area contributed by atoms with Crippen molar-refractivity contribution >= 4 is 23.6 Å². The summed E-state index contributed by atoms with van der Waals surface area (Å²) in [6.45, 7) is 4.33. The Bertz CT molecular complexity index is 918. The second-order valence-corrected chi connectivity index (χ2v) is 7.85. The predicted molar refractivity (Wildman–Crippen MR) is 124 cm³/mol. The smallest absolute Gasteiger partial charge is 0.244 e. The van der Waals surface area contributed by atoms with E-state index in [0.29, 0.717) is 6.54 Å². The number of benzene rings is 2. The van der Waals surface area contributed by atoms with E-state index in [1.807, 2.05) is 36.4 Å². The summed E-state index contributed by atoms with van der Waals surface area (Å²) in [6, 6.07) is 15.0. The molecule has 164 valence electrons. The molecule has 0 radical (unpaired) electrons. The van der Waals surface area contributed by atoms with Gasteiger partial charge in [0.05, 0.1) is 7.11 Å². The van der Waals surface area contributed by atoms with Crippen molar-refractivity contribution in [2.45, 2.75) is 32.4 Å². The number of para-hydroxylation sites is 1. The predicted octanol–water partition coefficient (Wildman–Crippen LogP) is 3.47. The van der Waals surface area contributed by atoms with E-state index in [-0.39, 0.29) is 11.8 Å². The van der Waals surface area contributed by atoms with Crippen molar-refractivity contribution in [2.24, 2.45) is 0 Å². The van der Waals surface area contributed by atoms with Crippen molar-refractivity contribution in [3.05, 3.63) is 65.7 Å². The van der Waals surface area contributed by atoms with Gasteiger partial charge in [-0.3, -0.25) is 9.59 Å². The third-order valence-corrected chi connectivity index (χ3v) is 5.49. The average Bonchev–Trinajstić information content (AvgIpc) is 3.32. The Labute approximate surface area is 184 Å². The van der Waals surface area contributed by atoms with E-state index in [2.05, 4.69) is 22.3 Å². The number of nitrogens with one attached hydrogen (secondary N) is 1. The van der Waals surface area contributed by atoms with Gasteiger partial charge in [0.15, 0.2) is 0 Å². The summed E-state index contributed by atoms with van der Waals surface area (Å²) in [4.78, 5) is 29.1. The van der Waals surface area contributed by atoms with Crippen LogP contribution in [-0.4, -0.2) is 50.0 Å². The highest BCUT2D eigenvalue weighted by Gasteiger charge is 2.21. The van der Waals surface area contributed by atoms with Crippen LogP contribution < -0.4 is 15.0 Å². The first kappa shape index (κ1) is 22.4. The molecular formula is C25H31N3O3. The molecule has 1 N–H and O–H groups in total. The molecule has 1 heterocycles. The lowest BCUT2D eigenvalue weighted by atomic mass is 10.1. The van der Waals surface area contributed by atoms with Gasteiger partial charge in [0, 0.05) is 38.4 Å². The Balaban J connectivity index is 1.55. The van der Waals surface area contributed by atoms with Crippen LogP contribution in [0.2, 0.25) is 0 Å². The number of nitrogens with zero attached hydrogens (tertiary/aromatic N) is 2. The molecule has 2 aromatic carbocycles. The Hall–Kier alpha value is -3.28. The molecule has 6 nitrogen and oxygen atoms in total. The molecule has 1 saturated heterocycles. The first-order valence-electron chi connectivity index (χ1n) is 10.7. The second kappa shape index (κ2) is 10.7. The summed E-state index contributed by atoms with van der Waals surface area (Å²) < 4.78 is 5.13. The van der Waals surface area contributed by atoms with E-state index in [1.165, 1.54) is 24.6 Å². The van der Waals surface area contributed by atoms with Gasteiger partial charge in [0.25, 0.3) is 0 Å². The number of hydrogen-bond acceptors (Lipinski definition) is 4. The fourth-order valence-corrected chi connectivity index (χ4v) is 3.79. The monoisotopic (exact) mass is 421 g/mol. The number of carbonyl (C=O) groups is 2. The number of methoxy groups -OCH3 is 1. The van der Waals surface area contributed by atoms with Crippen LogP contribution in [0.3, 0.4) is 0 Å². The van der Waals surface area contributed by atoms with E-state index < -0.39 is 6.04 Å². The summed E-state index contributed by atoms with van der Waals surface area (Å²) in [5.74, 6) is 0.333. The van der Waals surface area contributed by atoms with E-state index in [4.69, 9.17) is 4.74 Å². The number of hydrogen-bond donors (Lipinski definition) is 1. The summed E-state index contributed by atoms with van der Waals surface area (Å²) in [5.41, 5.74) is 3.20. The molecule has 1 aliphatic heterocycles. The lowest BCUT2D eigenvalue weighted by molar-refractivity contribution is -0.134. The van der Waals surface area contributed by atoms with Gasteiger partial charge >= 0.3 is 0 Å². The molecule has 3 rings (SSSR count). The van der Waals surface area contributed by atoms with Crippen LogP contribution >= 0.6 is 0 Å². The third kappa shape index (κ3) is 6.10. The topological polar surface area (TPSA) is 61.9 Å². The zero-order valence-corrected chi connectivity index (χ0v) is 18.5. The fourth-order valence-electron chi connectivity index (χ4n) is 3.79. The molecule has 2 aromatic rings. The quantitative estimate of drug-likeness (QED) is 0.663. The van der Waals surface area contributed by atoms with Crippen LogP contribution in [0.25, 0.3) is 6.08 Å². The maximum Gasteiger partial charge on any atom is 0.244 e. The Morgan fingerprint density at radius 2 is 1.81 bits per heavy atom. The van der Waals surface area contributed by atoms with Crippen LogP contribution in [0.5, 0.6) is 5.75 Å². The molecule has 2 amide bonds. The molecule has 1 atom stereocenters. The zero-order chi connectivity index (χ0) is 22.2. The summed E-state index contributed by atoms with van der Waals surface area (Å²) in [5, 5.41) is 2.76. The highest BCUT2D eigenvalue weighted by molar-refractivity contribution is 5.95. The van der Waals surface area contributed by atoms with Gasteiger partial charge in [0.1, 0.15) is 11.8 Å². The highest BCUT2D eigenvalue weighted by atomic mass is 16.5. The maximum atomic E-state index is 12.8. The van der Waals surface area contributed by atoms with E-state index in [1.54, 1.807) is 32.1 Å². The first-order chi connectivity index (χ1) is 15.0. The van der Waals surface area contributed by atoms with E-state index >= 15 is 0 Å². The van der Waals surface area contributed by atoms with Crippen LogP contribution in [0.4, 0.5) is 5.69 Å². The summed E-state index contributed by atoms with van der Waals surface area (Å²) in [6.07, 6.45) is 5.56. The van der Waals surface area contributed by atoms with E-state index in [9.17, 15) is 9.59 Å². The molecule has 1 fully saturated rings. The minimum absolute atomic E-state index is 0.123. The molecular weight excluding hydrogens is 390 g/mol. The Morgan fingerprint density at radius 1 is 1.13 bits per heavy atom. The van der Waals surface area contributed by atoms with Gasteiger partial charge < -0.3 is 19.9 Å². The van der Waals surface area contributed by atoms with Crippen LogP contribution in [0.1, 0.15) is 30.9 Å². The Morgan fingerprint density at radius 3 is 2.48 bits per heavy atom. The molecule has 6 heteroatoms. The highest BCUT2D eigenvalue weighted by Crippen LogP contribution is 2.25. The molecule has 0 saturated carbocycles. The van der Waals surface area contributed by atoms with Gasteiger partial charge in [-0.1, -0.05) is 30.3 Å². The van der Waals surface area contributed by atoms with Crippen LogP contribution in [0, 0.1) is 0 Å². The lowest BCUT2D eigenvalue weighted by Crippen LogP contribution is -2.44. The third-order valence-electron chi connectivity index (χ3n) is 5.49. The van der Waals surface area contributed by atoms with E-state index in [0.717, 1.165) is 30.0 Å². The van der Waals surface area contributed by atoms with Gasteiger partial charge in [-0.05, 0) is 55.2 Å². The van der Waals surface area contributed by atoms with Crippen molar-refractivity contribution in [3.8, 4) is 5.75 Å². The summed E-state index contributed by atoms with van der Waals surface area (Å²) >= 11 is 0. The SMILES string of the molecule is COc1ccc(C=CC(=O)NC(C)C(=O)N(C)Cc2ccccc2N2CCCC2)cc1. The Kier molecular flexibility index (Phi) is 7.70. The minimum Gasteiger partial charge on any atom is -0.497 e. The number of anilines is 1. The molecule has 1 unspecified atom stereocenters. The number of amides is 2. The van der Waals surface area contributed by atoms with Crippen molar-refractivity contribution in [1.82, 2.24) is 10.2 Å². The van der Waals surface area contributed by atoms with Crippen LogP contribution in [0.15, 0.2) is 54.6 Å². The second-order valence-electron chi connectivity index (χ2n) is 7.85. The number of likely N-dealkylation sites (N-methyl/N-ethyl adjacent to an activating group) is 1. The molecule has 0 bridgehead atoms. The maximum absolute atomic E-state index is 12.8. The largest absolute Gasteiger partial charge is 0.497 e. The van der Waals surface area contributed by atoms with Gasteiger partial charge in [-0.15, -0.1) is 0 Å². The standard InChI is InChI=1S/C25H31N3O3/c1-19(26-24(29)15-12-20-10-13-22(31-3)14-11-20)25(30)27(2)18-21-8-4-5-9-23(21)28-16-6-7-17-28/h4-5,8-15,19H,6-7,16-18H2,1-3H3,(H,26,29). The van der Waals surface area contributed by atoms with Crippen molar-refractivity contribution < 1.29 is 14.3 Å². The fraction of sp³-hybridized carbons (Fsp3) is 0.360. The zero-order valence-electron chi connectivity index (χ0n) is 18.5. The number of ether oxygens (including phenoxy) is 1. The van der Waals surface area contributed by atoms with Gasteiger partial charge in [0.2, 0.25) is 11.8 Å². The van der Waals surface area contributed by atoms with Gasteiger partial charge in [-0.2, -0.15) is 0 Å².